The van der Waals surface area contributed by atoms with Crippen LogP contribution in [0, 0.1) is 11.7 Å². The summed E-state index contributed by atoms with van der Waals surface area (Å²) in [6.07, 6.45) is 1.47. The molecule has 0 radical (unpaired) electrons. The van der Waals surface area contributed by atoms with Crippen LogP contribution >= 0.6 is 11.8 Å². The Morgan fingerprint density at radius 1 is 1.29 bits per heavy atom. The smallest absolute Gasteiger partial charge is 0.338 e. The molecule has 3 aliphatic rings. The molecule has 35 heavy (non-hydrogen) atoms. The van der Waals surface area contributed by atoms with Crippen LogP contribution in [0.2, 0.25) is 0 Å². The fourth-order valence-electron chi connectivity index (χ4n) is 4.66. The molecule has 1 aromatic carbocycles. The summed E-state index contributed by atoms with van der Waals surface area (Å²) >= 11 is 1.35. The number of methoxy groups -OCH3 is 1. The van der Waals surface area contributed by atoms with Gasteiger partial charge in [0.25, 0.3) is 0 Å². The van der Waals surface area contributed by atoms with Crippen LogP contribution < -0.4 is 0 Å². The molecule has 1 saturated heterocycles. The van der Waals surface area contributed by atoms with Crippen LogP contribution in [0.3, 0.4) is 0 Å². The number of fused-ring (bicyclic) bond motifs is 1. The summed E-state index contributed by atoms with van der Waals surface area (Å²) in [7, 11) is 1.29. The van der Waals surface area contributed by atoms with E-state index in [0.29, 0.717) is 53.8 Å². The van der Waals surface area contributed by atoms with E-state index in [1.807, 2.05) is 10.3 Å². The number of allylic oxidation sites excluding steroid dienone is 1. The third-order valence-corrected chi connectivity index (χ3v) is 7.19. The number of carbonyl (C=O) groups is 3. The van der Waals surface area contributed by atoms with Gasteiger partial charge in [0.15, 0.2) is 5.17 Å². The summed E-state index contributed by atoms with van der Waals surface area (Å²) in [6, 6.07) is 5.35. The zero-order chi connectivity index (χ0) is 25.1. The monoisotopic (exact) mass is 501 g/mol. The Labute approximate surface area is 207 Å². The first-order valence-electron chi connectivity index (χ1n) is 11.6. The molecule has 3 heterocycles. The second kappa shape index (κ2) is 10.6. The lowest BCUT2D eigenvalue weighted by Crippen LogP contribution is -2.44. The van der Waals surface area contributed by atoms with Crippen molar-refractivity contribution in [3.05, 3.63) is 58.0 Å². The number of ether oxygens (including phenoxy) is 2. The predicted molar refractivity (Wildman–Crippen MR) is 129 cm³/mol. The van der Waals surface area contributed by atoms with Crippen molar-refractivity contribution in [3.8, 4) is 0 Å². The van der Waals surface area contributed by atoms with E-state index >= 15 is 0 Å². The van der Waals surface area contributed by atoms with E-state index in [9.17, 15) is 18.8 Å². The SMILES string of the molecule is CCOC(=O)[C@H]1CCCN(C(=O)CC2=CSC3=NC(C)=C(C(=O)OC)[C@@H](c4cccc(F)c4)N23)C1. The number of esters is 2. The zero-order valence-electron chi connectivity index (χ0n) is 20.0. The number of piperidine rings is 1. The number of thioether (sulfide) groups is 1. The van der Waals surface area contributed by atoms with Gasteiger partial charge in [-0.05, 0) is 49.8 Å². The van der Waals surface area contributed by atoms with Gasteiger partial charge in [0.05, 0.1) is 43.4 Å². The average Bonchev–Trinajstić information content (AvgIpc) is 3.24. The third kappa shape index (κ3) is 5.12. The van der Waals surface area contributed by atoms with Crippen molar-refractivity contribution in [1.82, 2.24) is 9.80 Å². The number of carbonyl (C=O) groups excluding carboxylic acids is 3. The van der Waals surface area contributed by atoms with Crippen molar-refractivity contribution in [1.29, 1.82) is 0 Å². The minimum Gasteiger partial charge on any atom is -0.466 e. The quantitative estimate of drug-likeness (QED) is 0.549. The lowest BCUT2D eigenvalue weighted by atomic mass is 9.93. The summed E-state index contributed by atoms with van der Waals surface area (Å²) < 4.78 is 24.4. The lowest BCUT2D eigenvalue weighted by molar-refractivity contribution is -0.151. The first-order chi connectivity index (χ1) is 16.8. The number of aliphatic imine (C=N–C) groups is 1. The van der Waals surface area contributed by atoms with Gasteiger partial charge >= 0.3 is 11.9 Å². The number of hydrogen-bond acceptors (Lipinski definition) is 8. The Kier molecular flexibility index (Phi) is 7.59. The molecule has 3 aliphatic heterocycles. The van der Waals surface area contributed by atoms with Crippen LogP contribution in [-0.2, 0) is 23.9 Å². The van der Waals surface area contributed by atoms with E-state index in [-0.39, 0.29) is 24.2 Å². The number of likely N-dealkylation sites (tertiary alicyclic amines) is 1. The van der Waals surface area contributed by atoms with Crippen molar-refractivity contribution in [3.63, 3.8) is 0 Å². The largest absolute Gasteiger partial charge is 0.466 e. The van der Waals surface area contributed by atoms with Gasteiger partial charge in [0.2, 0.25) is 5.91 Å². The summed E-state index contributed by atoms with van der Waals surface area (Å²) in [5, 5.41) is 2.44. The number of rotatable bonds is 6. The number of amidine groups is 1. The van der Waals surface area contributed by atoms with E-state index < -0.39 is 17.8 Å². The number of hydrogen-bond donors (Lipinski definition) is 0. The fourth-order valence-corrected chi connectivity index (χ4v) is 5.62. The van der Waals surface area contributed by atoms with Crippen molar-refractivity contribution < 1.29 is 28.2 Å². The first-order valence-corrected chi connectivity index (χ1v) is 12.4. The summed E-state index contributed by atoms with van der Waals surface area (Å²) in [4.78, 5) is 46.3. The highest BCUT2D eigenvalue weighted by molar-refractivity contribution is 8.16. The molecule has 0 spiro atoms. The standard InChI is InChI=1S/C25H28FN3O5S/c1-4-34-23(31)17-8-6-10-28(13-17)20(30)12-19-14-35-25-27-15(2)21(24(32)33-3)22(29(19)25)16-7-5-9-18(26)11-16/h5,7,9,11,14,17,22H,4,6,8,10,12-13H2,1-3H3/t17-,22+/m0/s1. The maximum atomic E-state index is 14.2. The van der Waals surface area contributed by atoms with Gasteiger partial charge in [-0.3, -0.25) is 9.59 Å². The Hall–Kier alpha value is -3.14. The number of halogens is 1. The number of nitrogens with zero attached hydrogens (tertiary/aromatic N) is 3. The Balaban J connectivity index is 1.60. The molecule has 8 nitrogen and oxygen atoms in total. The summed E-state index contributed by atoms with van der Waals surface area (Å²) in [5.74, 6) is -1.73. The number of amides is 1. The minimum atomic E-state index is -0.687. The predicted octanol–water partition coefficient (Wildman–Crippen LogP) is 3.77. The molecular weight excluding hydrogens is 473 g/mol. The van der Waals surface area contributed by atoms with Gasteiger partial charge in [-0.1, -0.05) is 23.9 Å². The molecule has 1 aromatic rings. The normalized spacial score (nSPS) is 21.8. The van der Waals surface area contributed by atoms with E-state index in [1.54, 1.807) is 30.9 Å². The minimum absolute atomic E-state index is 0.0564. The molecule has 0 aliphatic carbocycles. The van der Waals surface area contributed by atoms with Crippen LogP contribution in [0.5, 0.6) is 0 Å². The Bertz CT molecular complexity index is 1130. The number of benzene rings is 1. The van der Waals surface area contributed by atoms with Gasteiger partial charge in [0.1, 0.15) is 5.82 Å². The molecule has 0 saturated carbocycles. The molecule has 0 aromatic heterocycles. The lowest BCUT2D eigenvalue weighted by Gasteiger charge is -2.37. The maximum Gasteiger partial charge on any atom is 0.338 e. The van der Waals surface area contributed by atoms with Crippen molar-refractivity contribution >= 4 is 34.8 Å². The molecule has 1 amide bonds. The topological polar surface area (TPSA) is 88.5 Å². The fraction of sp³-hybridized carbons (Fsp3) is 0.440. The molecule has 2 atom stereocenters. The van der Waals surface area contributed by atoms with Crippen LogP contribution in [0.1, 0.15) is 44.7 Å². The average molecular weight is 502 g/mol. The molecule has 186 valence electrons. The van der Waals surface area contributed by atoms with Gasteiger partial charge in [-0.2, -0.15) is 0 Å². The zero-order valence-corrected chi connectivity index (χ0v) is 20.8. The molecule has 10 heteroatoms. The van der Waals surface area contributed by atoms with Crippen LogP contribution in [0.4, 0.5) is 4.39 Å². The highest BCUT2D eigenvalue weighted by Crippen LogP contribution is 2.45. The molecule has 4 rings (SSSR count). The summed E-state index contributed by atoms with van der Waals surface area (Å²) in [6.45, 7) is 4.67. The molecule has 1 fully saturated rings. The van der Waals surface area contributed by atoms with Crippen LogP contribution in [0.15, 0.2) is 51.6 Å². The molecule has 0 N–H and O–H groups in total. The van der Waals surface area contributed by atoms with E-state index in [0.717, 1.165) is 6.42 Å². The molecule has 0 bridgehead atoms. The van der Waals surface area contributed by atoms with E-state index in [1.165, 1.54) is 31.0 Å². The Morgan fingerprint density at radius 3 is 2.80 bits per heavy atom. The highest BCUT2D eigenvalue weighted by atomic mass is 32.2. The Morgan fingerprint density at radius 2 is 2.09 bits per heavy atom. The van der Waals surface area contributed by atoms with Gasteiger partial charge < -0.3 is 19.3 Å². The van der Waals surface area contributed by atoms with Crippen LogP contribution in [0.25, 0.3) is 0 Å². The second-order valence-corrected chi connectivity index (χ2v) is 9.38. The van der Waals surface area contributed by atoms with E-state index in [2.05, 4.69) is 4.99 Å². The highest BCUT2D eigenvalue weighted by Gasteiger charge is 2.41. The summed E-state index contributed by atoms with van der Waals surface area (Å²) in [5.41, 5.74) is 1.99. The first kappa shape index (κ1) is 25.0. The van der Waals surface area contributed by atoms with Gasteiger partial charge in [-0.25, -0.2) is 14.2 Å². The molecular formula is C25H28FN3O5S. The molecule has 0 unspecified atom stereocenters. The van der Waals surface area contributed by atoms with Gasteiger partial charge in [0, 0.05) is 18.8 Å². The van der Waals surface area contributed by atoms with Gasteiger partial charge in [-0.15, -0.1) is 0 Å². The second-order valence-electron chi connectivity index (χ2n) is 8.55. The van der Waals surface area contributed by atoms with Crippen molar-refractivity contribution in [2.24, 2.45) is 10.9 Å². The van der Waals surface area contributed by atoms with Crippen molar-refractivity contribution in [2.75, 3.05) is 26.8 Å². The third-order valence-electron chi connectivity index (χ3n) is 6.30. The van der Waals surface area contributed by atoms with Crippen molar-refractivity contribution in [2.45, 2.75) is 39.2 Å². The van der Waals surface area contributed by atoms with Crippen LogP contribution in [-0.4, -0.2) is 59.6 Å². The maximum absolute atomic E-state index is 14.2. The van der Waals surface area contributed by atoms with E-state index in [4.69, 9.17) is 9.47 Å².